The second-order valence-corrected chi connectivity index (χ2v) is 4.42. The molecule has 2 heterocycles. The normalized spacial score (nSPS) is 17.6. The van der Waals surface area contributed by atoms with E-state index >= 15 is 0 Å². The van der Waals surface area contributed by atoms with Crippen LogP contribution in [0.25, 0.3) is 11.3 Å². The molecule has 0 radical (unpaired) electrons. The molecule has 4 nitrogen and oxygen atoms in total. The number of nitrogens with zero attached hydrogens (tertiary/aromatic N) is 1. The van der Waals surface area contributed by atoms with Gasteiger partial charge in [0.2, 0.25) is 0 Å². The van der Waals surface area contributed by atoms with Gasteiger partial charge in [-0.2, -0.15) is 0 Å². The molecule has 1 aromatic carbocycles. The third kappa shape index (κ3) is 2.66. The SMILES string of the molecule is CNC[C@H]1OCCc2c(-c3ccno3)cccc21.Cl. The predicted octanol–water partition coefficient (Wildman–Crippen LogP) is 2.60. The Morgan fingerprint density at radius 3 is 3.00 bits per heavy atom. The minimum Gasteiger partial charge on any atom is -0.372 e. The summed E-state index contributed by atoms with van der Waals surface area (Å²) in [6.45, 7) is 1.58. The highest BCUT2D eigenvalue weighted by Crippen LogP contribution is 2.33. The first kappa shape index (κ1) is 14.1. The summed E-state index contributed by atoms with van der Waals surface area (Å²) in [4.78, 5) is 0. The van der Waals surface area contributed by atoms with Gasteiger partial charge in [-0.25, -0.2) is 0 Å². The van der Waals surface area contributed by atoms with Crippen molar-refractivity contribution in [2.45, 2.75) is 12.5 Å². The Morgan fingerprint density at radius 2 is 2.26 bits per heavy atom. The standard InChI is InChI=1S/C14H16N2O2.ClH/c1-15-9-14-12-4-2-3-11(10(12)6-8-17-14)13-5-7-16-18-13;/h2-5,7,14-15H,6,8-9H2,1H3;1H/t14-;/m1./s1. The first-order valence-electron chi connectivity index (χ1n) is 6.19. The molecule has 0 spiro atoms. The monoisotopic (exact) mass is 280 g/mol. The van der Waals surface area contributed by atoms with Crippen LogP contribution in [0.15, 0.2) is 35.0 Å². The highest BCUT2D eigenvalue weighted by Gasteiger charge is 2.23. The third-order valence-electron chi connectivity index (χ3n) is 3.32. The van der Waals surface area contributed by atoms with Gasteiger partial charge in [0.05, 0.1) is 18.9 Å². The van der Waals surface area contributed by atoms with E-state index in [0.717, 1.165) is 30.9 Å². The Morgan fingerprint density at radius 1 is 1.37 bits per heavy atom. The molecular formula is C14H17ClN2O2. The van der Waals surface area contributed by atoms with Crippen molar-refractivity contribution in [3.05, 3.63) is 41.6 Å². The van der Waals surface area contributed by atoms with Crippen LogP contribution >= 0.6 is 12.4 Å². The molecule has 0 saturated heterocycles. The van der Waals surface area contributed by atoms with E-state index in [-0.39, 0.29) is 18.5 Å². The van der Waals surface area contributed by atoms with Crippen molar-refractivity contribution in [3.63, 3.8) is 0 Å². The van der Waals surface area contributed by atoms with Crippen molar-refractivity contribution in [1.29, 1.82) is 0 Å². The lowest BCUT2D eigenvalue weighted by Gasteiger charge is -2.27. The Balaban J connectivity index is 0.00000133. The van der Waals surface area contributed by atoms with Crippen LogP contribution in [0.1, 0.15) is 17.2 Å². The van der Waals surface area contributed by atoms with Crippen molar-refractivity contribution >= 4 is 12.4 Å². The number of benzene rings is 1. The van der Waals surface area contributed by atoms with E-state index in [2.05, 4.69) is 22.6 Å². The Labute approximate surface area is 118 Å². The van der Waals surface area contributed by atoms with Crippen molar-refractivity contribution in [1.82, 2.24) is 10.5 Å². The number of nitrogens with one attached hydrogen (secondary N) is 1. The molecule has 2 aromatic rings. The smallest absolute Gasteiger partial charge is 0.167 e. The van der Waals surface area contributed by atoms with Gasteiger partial charge < -0.3 is 14.6 Å². The van der Waals surface area contributed by atoms with E-state index in [1.807, 2.05) is 19.2 Å². The molecule has 0 unspecified atom stereocenters. The second kappa shape index (κ2) is 6.19. The number of rotatable bonds is 3. The van der Waals surface area contributed by atoms with E-state index in [4.69, 9.17) is 9.26 Å². The summed E-state index contributed by atoms with van der Waals surface area (Å²) >= 11 is 0. The molecule has 0 aliphatic carbocycles. The van der Waals surface area contributed by atoms with Gasteiger partial charge in [-0.3, -0.25) is 0 Å². The molecule has 1 aromatic heterocycles. The van der Waals surface area contributed by atoms with Crippen LogP contribution in [-0.4, -0.2) is 25.4 Å². The van der Waals surface area contributed by atoms with Gasteiger partial charge in [-0.1, -0.05) is 23.4 Å². The van der Waals surface area contributed by atoms with Crippen LogP contribution in [0.3, 0.4) is 0 Å². The zero-order valence-electron chi connectivity index (χ0n) is 10.8. The average molecular weight is 281 g/mol. The fourth-order valence-corrected chi connectivity index (χ4v) is 2.52. The molecule has 0 amide bonds. The van der Waals surface area contributed by atoms with Crippen LogP contribution in [0, 0.1) is 0 Å². The highest BCUT2D eigenvalue weighted by atomic mass is 35.5. The van der Waals surface area contributed by atoms with E-state index < -0.39 is 0 Å². The Hall–Kier alpha value is -1.36. The summed E-state index contributed by atoms with van der Waals surface area (Å²) in [6, 6.07) is 8.17. The molecule has 19 heavy (non-hydrogen) atoms. The number of halogens is 1. The molecule has 0 fully saturated rings. The van der Waals surface area contributed by atoms with E-state index in [0.29, 0.717) is 0 Å². The summed E-state index contributed by atoms with van der Waals surface area (Å²) in [6.07, 6.45) is 2.73. The zero-order chi connectivity index (χ0) is 12.4. The van der Waals surface area contributed by atoms with Crippen LogP contribution in [0.2, 0.25) is 0 Å². The quantitative estimate of drug-likeness (QED) is 0.939. The second-order valence-electron chi connectivity index (χ2n) is 4.42. The van der Waals surface area contributed by atoms with Crippen molar-refractivity contribution in [3.8, 4) is 11.3 Å². The lowest BCUT2D eigenvalue weighted by molar-refractivity contribution is 0.0440. The van der Waals surface area contributed by atoms with Gasteiger partial charge >= 0.3 is 0 Å². The maximum atomic E-state index is 5.81. The molecule has 102 valence electrons. The zero-order valence-corrected chi connectivity index (χ0v) is 11.6. The first-order valence-corrected chi connectivity index (χ1v) is 6.19. The number of ether oxygens (including phenoxy) is 1. The summed E-state index contributed by atoms with van der Waals surface area (Å²) in [7, 11) is 1.94. The van der Waals surface area contributed by atoms with Gasteiger partial charge in [0.1, 0.15) is 0 Å². The van der Waals surface area contributed by atoms with Crippen LogP contribution in [0.4, 0.5) is 0 Å². The number of fused-ring (bicyclic) bond motifs is 1. The molecule has 1 N–H and O–H groups in total. The maximum absolute atomic E-state index is 5.81. The fraction of sp³-hybridized carbons (Fsp3) is 0.357. The first-order chi connectivity index (χ1) is 8.90. The summed E-state index contributed by atoms with van der Waals surface area (Å²) in [5, 5.41) is 6.96. The fourth-order valence-electron chi connectivity index (χ4n) is 2.52. The van der Waals surface area contributed by atoms with E-state index in [1.54, 1.807) is 6.20 Å². The van der Waals surface area contributed by atoms with Gasteiger partial charge in [0.15, 0.2) is 5.76 Å². The number of likely N-dealkylation sites (N-methyl/N-ethyl adjacent to an activating group) is 1. The third-order valence-corrected chi connectivity index (χ3v) is 3.32. The summed E-state index contributed by atoms with van der Waals surface area (Å²) < 4.78 is 11.1. The molecule has 3 rings (SSSR count). The molecule has 1 aliphatic rings. The van der Waals surface area contributed by atoms with Crippen molar-refractivity contribution in [2.75, 3.05) is 20.2 Å². The number of hydrogen-bond donors (Lipinski definition) is 1. The number of aromatic nitrogens is 1. The van der Waals surface area contributed by atoms with E-state index in [1.165, 1.54) is 11.1 Å². The minimum absolute atomic E-state index is 0. The van der Waals surface area contributed by atoms with Gasteiger partial charge in [-0.15, -0.1) is 12.4 Å². The van der Waals surface area contributed by atoms with Crippen LogP contribution in [0.5, 0.6) is 0 Å². The molecule has 5 heteroatoms. The van der Waals surface area contributed by atoms with Gasteiger partial charge in [0.25, 0.3) is 0 Å². The van der Waals surface area contributed by atoms with Gasteiger partial charge in [0, 0.05) is 18.2 Å². The van der Waals surface area contributed by atoms with E-state index in [9.17, 15) is 0 Å². The molecule has 1 atom stereocenters. The number of hydrogen-bond acceptors (Lipinski definition) is 4. The van der Waals surface area contributed by atoms with Crippen LogP contribution in [-0.2, 0) is 11.2 Å². The molecule has 0 bridgehead atoms. The lowest BCUT2D eigenvalue weighted by Crippen LogP contribution is -2.25. The molecular weight excluding hydrogens is 264 g/mol. The topological polar surface area (TPSA) is 47.3 Å². The van der Waals surface area contributed by atoms with Gasteiger partial charge in [-0.05, 0) is 24.6 Å². The minimum atomic E-state index is 0. The van der Waals surface area contributed by atoms with Crippen molar-refractivity contribution < 1.29 is 9.26 Å². The predicted molar refractivity (Wildman–Crippen MR) is 75.5 cm³/mol. The highest BCUT2D eigenvalue weighted by molar-refractivity contribution is 5.85. The van der Waals surface area contributed by atoms with Crippen LogP contribution < -0.4 is 5.32 Å². The maximum Gasteiger partial charge on any atom is 0.167 e. The lowest BCUT2D eigenvalue weighted by atomic mass is 9.92. The molecule has 1 aliphatic heterocycles. The Bertz CT molecular complexity index is 528. The summed E-state index contributed by atoms with van der Waals surface area (Å²) in [5.41, 5.74) is 3.71. The Kier molecular flexibility index (Phi) is 4.58. The largest absolute Gasteiger partial charge is 0.372 e. The van der Waals surface area contributed by atoms with Crippen molar-refractivity contribution in [2.24, 2.45) is 0 Å². The summed E-state index contributed by atoms with van der Waals surface area (Å²) in [5.74, 6) is 0.831. The molecule has 0 saturated carbocycles. The average Bonchev–Trinajstić information content (AvgIpc) is 2.93.